The smallest absolute Gasteiger partial charge is 0.248 e. The maximum Gasteiger partial charge on any atom is 0.248 e. The molecule has 0 spiro atoms. The lowest BCUT2D eigenvalue weighted by atomic mass is 10.4. The van der Waals surface area contributed by atoms with Crippen molar-refractivity contribution in [3.63, 3.8) is 0 Å². The summed E-state index contributed by atoms with van der Waals surface area (Å²) in [5.41, 5.74) is 0. The number of hydrogen-bond donors (Lipinski definition) is 2. The van der Waals surface area contributed by atoms with E-state index in [1.807, 2.05) is 19.0 Å². The largest absolute Gasteiger partial charge is 0.384 e. The molecule has 0 aromatic rings. The Kier molecular flexibility index (Phi) is 4.81. The maximum absolute atomic E-state index is 10.7. The third-order valence-corrected chi connectivity index (χ3v) is 1.24. The molecule has 0 saturated carbocycles. The van der Waals surface area contributed by atoms with Crippen LogP contribution in [0.5, 0.6) is 0 Å². The number of nitrogens with one attached hydrogen (secondary N) is 1. The molecule has 0 saturated heterocycles. The minimum Gasteiger partial charge on any atom is -0.384 e. The van der Waals surface area contributed by atoms with Crippen molar-refractivity contribution in [3.8, 4) is 0 Å². The standard InChI is InChI=1S/C7H16N2O2/c1-6(10)7(11)8-4-5-9(2)3/h6,10H,4-5H2,1-3H3,(H,8,11)/t6-/m0/s1. The van der Waals surface area contributed by atoms with Crippen molar-refractivity contribution < 1.29 is 9.90 Å². The highest BCUT2D eigenvalue weighted by atomic mass is 16.3. The van der Waals surface area contributed by atoms with E-state index >= 15 is 0 Å². The van der Waals surface area contributed by atoms with Gasteiger partial charge in [-0.2, -0.15) is 0 Å². The van der Waals surface area contributed by atoms with Crippen molar-refractivity contribution in [3.05, 3.63) is 0 Å². The topological polar surface area (TPSA) is 52.6 Å². The van der Waals surface area contributed by atoms with E-state index in [-0.39, 0.29) is 5.91 Å². The van der Waals surface area contributed by atoms with Crippen LogP contribution < -0.4 is 5.32 Å². The fourth-order valence-electron chi connectivity index (χ4n) is 0.550. The van der Waals surface area contributed by atoms with Crippen molar-refractivity contribution in [1.82, 2.24) is 10.2 Å². The molecule has 66 valence electrons. The van der Waals surface area contributed by atoms with E-state index in [1.54, 1.807) is 0 Å². The van der Waals surface area contributed by atoms with Gasteiger partial charge in [0.2, 0.25) is 5.91 Å². The van der Waals surface area contributed by atoms with Crippen LogP contribution in [0.2, 0.25) is 0 Å². The van der Waals surface area contributed by atoms with Crippen LogP contribution in [0.1, 0.15) is 6.92 Å². The molecule has 2 N–H and O–H groups in total. The maximum atomic E-state index is 10.7. The normalized spacial score (nSPS) is 13.2. The molecule has 0 aliphatic rings. The number of nitrogens with zero attached hydrogens (tertiary/aromatic N) is 1. The average molecular weight is 160 g/mol. The first-order valence-corrected chi connectivity index (χ1v) is 3.64. The summed E-state index contributed by atoms with van der Waals surface area (Å²) in [5, 5.41) is 11.3. The molecule has 11 heavy (non-hydrogen) atoms. The Hall–Kier alpha value is -0.610. The first-order chi connectivity index (χ1) is 5.04. The van der Waals surface area contributed by atoms with Crippen LogP contribution in [-0.4, -0.2) is 49.2 Å². The second-order valence-electron chi connectivity index (χ2n) is 2.77. The van der Waals surface area contributed by atoms with E-state index < -0.39 is 6.10 Å². The lowest BCUT2D eigenvalue weighted by molar-refractivity contribution is -0.128. The summed E-state index contributed by atoms with van der Waals surface area (Å²) in [4.78, 5) is 12.7. The molecule has 0 fully saturated rings. The van der Waals surface area contributed by atoms with Crippen LogP contribution in [-0.2, 0) is 4.79 Å². The molecule has 0 rings (SSSR count). The van der Waals surface area contributed by atoms with Gasteiger partial charge in [-0.25, -0.2) is 0 Å². The van der Waals surface area contributed by atoms with Crippen molar-refractivity contribution in [2.75, 3.05) is 27.2 Å². The predicted octanol–water partition coefficient (Wildman–Crippen LogP) is -0.955. The summed E-state index contributed by atoms with van der Waals surface area (Å²) in [5.74, 6) is -0.313. The Morgan fingerprint density at radius 1 is 1.64 bits per heavy atom. The molecule has 0 heterocycles. The van der Waals surface area contributed by atoms with Crippen molar-refractivity contribution in [1.29, 1.82) is 0 Å². The first kappa shape index (κ1) is 10.4. The Morgan fingerprint density at radius 2 is 2.18 bits per heavy atom. The highest BCUT2D eigenvalue weighted by molar-refractivity contribution is 5.79. The Bertz CT molecular complexity index is 124. The van der Waals surface area contributed by atoms with Crippen molar-refractivity contribution >= 4 is 5.91 Å². The van der Waals surface area contributed by atoms with Crippen molar-refractivity contribution in [2.45, 2.75) is 13.0 Å². The molecular weight excluding hydrogens is 144 g/mol. The monoisotopic (exact) mass is 160 g/mol. The number of aliphatic hydroxyl groups is 1. The van der Waals surface area contributed by atoms with Crippen LogP contribution in [0.3, 0.4) is 0 Å². The number of carbonyl (C=O) groups is 1. The molecule has 4 heteroatoms. The second kappa shape index (κ2) is 5.09. The summed E-state index contributed by atoms with van der Waals surface area (Å²) in [6.45, 7) is 2.82. The van der Waals surface area contributed by atoms with E-state index in [0.29, 0.717) is 6.54 Å². The van der Waals surface area contributed by atoms with Crippen LogP contribution >= 0.6 is 0 Å². The van der Waals surface area contributed by atoms with E-state index in [2.05, 4.69) is 5.32 Å². The summed E-state index contributed by atoms with van der Waals surface area (Å²) in [6, 6.07) is 0. The van der Waals surface area contributed by atoms with Gasteiger partial charge in [0.05, 0.1) is 0 Å². The van der Waals surface area contributed by atoms with Gasteiger partial charge in [0, 0.05) is 13.1 Å². The number of rotatable bonds is 4. The van der Waals surface area contributed by atoms with Gasteiger partial charge >= 0.3 is 0 Å². The minimum absolute atomic E-state index is 0.313. The zero-order valence-corrected chi connectivity index (χ0v) is 7.29. The molecule has 1 amide bonds. The van der Waals surface area contributed by atoms with Gasteiger partial charge in [-0.15, -0.1) is 0 Å². The average Bonchev–Trinajstić information content (AvgIpc) is 1.86. The molecule has 0 aliphatic carbocycles. The lowest BCUT2D eigenvalue weighted by Crippen LogP contribution is -2.36. The SMILES string of the molecule is C[C@H](O)C(=O)NCCN(C)C. The molecule has 4 nitrogen and oxygen atoms in total. The Morgan fingerprint density at radius 3 is 2.55 bits per heavy atom. The summed E-state index contributed by atoms with van der Waals surface area (Å²) < 4.78 is 0. The van der Waals surface area contributed by atoms with Gasteiger partial charge < -0.3 is 15.3 Å². The second-order valence-corrected chi connectivity index (χ2v) is 2.77. The number of carbonyl (C=O) groups excluding carboxylic acids is 1. The molecule has 0 radical (unpaired) electrons. The van der Waals surface area contributed by atoms with Crippen LogP contribution in [0, 0.1) is 0 Å². The summed E-state index contributed by atoms with van der Waals surface area (Å²) in [7, 11) is 3.85. The highest BCUT2D eigenvalue weighted by Crippen LogP contribution is 1.78. The number of likely N-dealkylation sites (N-methyl/N-ethyl adjacent to an activating group) is 1. The molecule has 0 bridgehead atoms. The van der Waals surface area contributed by atoms with Crippen LogP contribution in [0.25, 0.3) is 0 Å². The van der Waals surface area contributed by atoms with Crippen LogP contribution in [0.4, 0.5) is 0 Å². The fourth-order valence-corrected chi connectivity index (χ4v) is 0.550. The van der Waals surface area contributed by atoms with E-state index in [1.165, 1.54) is 6.92 Å². The summed E-state index contributed by atoms with van der Waals surface area (Å²) >= 11 is 0. The van der Waals surface area contributed by atoms with Gasteiger partial charge in [0.15, 0.2) is 0 Å². The number of hydrogen-bond acceptors (Lipinski definition) is 3. The molecule has 0 unspecified atom stereocenters. The van der Waals surface area contributed by atoms with Gasteiger partial charge in [-0.1, -0.05) is 0 Å². The predicted molar refractivity (Wildman–Crippen MR) is 43.2 cm³/mol. The lowest BCUT2D eigenvalue weighted by Gasteiger charge is -2.10. The first-order valence-electron chi connectivity index (χ1n) is 3.64. The van der Waals surface area contributed by atoms with Gasteiger partial charge in [-0.3, -0.25) is 4.79 Å². The molecule has 0 aromatic carbocycles. The number of amides is 1. The zero-order chi connectivity index (χ0) is 8.85. The zero-order valence-electron chi connectivity index (χ0n) is 7.29. The van der Waals surface area contributed by atoms with Gasteiger partial charge in [0.1, 0.15) is 6.10 Å². The van der Waals surface area contributed by atoms with E-state index in [9.17, 15) is 4.79 Å². The molecular formula is C7H16N2O2. The third kappa shape index (κ3) is 5.82. The van der Waals surface area contributed by atoms with E-state index in [4.69, 9.17) is 5.11 Å². The molecule has 0 aliphatic heterocycles. The van der Waals surface area contributed by atoms with Gasteiger partial charge in [0.25, 0.3) is 0 Å². The van der Waals surface area contributed by atoms with Crippen molar-refractivity contribution in [2.24, 2.45) is 0 Å². The third-order valence-electron chi connectivity index (χ3n) is 1.24. The Balaban J connectivity index is 3.32. The van der Waals surface area contributed by atoms with Gasteiger partial charge in [-0.05, 0) is 21.0 Å². The molecule has 1 atom stereocenters. The highest BCUT2D eigenvalue weighted by Gasteiger charge is 2.06. The Labute approximate surface area is 67.2 Å². The number of aliphatic hydroxyl groups excluding tert-OH is 1. The quantitative estimate of drug-likeness (QED) is 0.557. The van der Waals surface area contributed by atoms with E-state index in [0.717, 1.165) is 6.54 Å². The van der Waals surface area contributed by atoms with Crippen LogP contribution in [0.15, 0.2) is 0 Å². The minimum atomic E-state index is -0.905. The fraction of sp³-hybridized carbons (Fsp3) is 0.857. The summed E-state index contributed by atoms with van der Waals surface area (Å²) in [6.07, 6.45) is -0.905. The molecule has 0 aromatic heterocycles.